The van der Waals surface area contributed by atoms with Gasteiger partial charge in [-0.1, -0.05) is 0 Å². The van der Waals surface area contributed by atoms with Gasteiger partial charge in [0.2, 0.25) is 0 Å². The van der Waals surface area contributed by atoms with Crippen molar-refractivity contribution in [1.29, 1.82) is 0 Å². The summed E-state index contributed by atoms with van der Waals surface area (Å²) in [7, 11) is 0. The zero-order valence-electron chi connectivity index (χ0n) is 17.2. The fraction of sp³-hybridized carbons (Fsp3) is 0.550. The number of nitrogens with two attached hydrogens (primary N) is 1. The second kappa shape index (κ2) is 9.03. The van der Waals surface area contributed by atoms with Crippen LogP contribution in [0.3, 0.4) is 0 Å². The van der Waals surface area contributed by atoms with E-state index >= 15 is 0 Å². The lowest BCUT2D eigenvalue weighted by atomic mass is 10.1. The Morgan fingerprint density at radius 2 is 1.64 bits per heavy atom. The monoisotopic (exact) mass is 396 g/mol. The Labute approximate surface area is 164 Å². The first-order chi connectivity index (χ1) is 12.7. The molecule has 1 atom stereocenters. The zero-order valence-corrected chi connectivity index (χ0v) is 17.2. The summed E-state index contributed by atoms with van der Waals surface area (Å²) in [5.41, 5.74) is 3.87. The van der Waals surface area contributed by atoms with Crippen molar-refractivity contribution in [3.63, 3.8) is 0 Å². The summed E-state index contributed by atoms with van der Waals surface area (Å²) in [5, 5.41) is 2.49. The van der Waals surface area contributed by atoms with E-state index in [4.69, 9.17) is 15.2 Å². The molecule has 0 saturated carbocycles. The van der Waals surface area contributed by atoms with Crippen LogP contribution in [-0.2, 0) is 19.1 Å². The van der Waals surface area contributed by atoms with Gasteiger partial charge < -0.3 is 20.5 Å². The molecule has 0 bridgehead atoms. The van der Waals surface area contributed by atoms with Crippen molar-refractivity contribution in [2.24, 2.45) is 0 Å². The summed E-state index contributed by atoms with van der Waals surface area (Å²) in [5.74, 6) is -2.62. The number of benzene rings is 1. The van der Waals surface area contributed by atoms with Crippen LogP contribution in [0, 0.1) is 5.82 Å². The van der Waals surface area contributed by atoms with Crippen LogP contribution in [0.4, 0.5) is 10.1 Å². The summed E-state index contributed by atoms with van der Waals surface area (Å²) in [6.45, 7) is 10.3. The molecule has 1 rings (SSSR count). The zero-order chi connectivity index (χ0) is 21.7. The van der Waals surface area contributed by atoms with Gasteiger partial charge in [0.25, 0.3) is 5.91 Å². The molecule has 0 fully saturated rings. The van der Waals surface area contributed by atoms with Crippen LogP contribution in [-0.4, -0.2) is 35.1 Å². The highest BCUT2D eigenvalue weighted by atomic mass is 19.1. The molecular formula is C20H29FN2O5. The first-order valence-electron chi connectivity index (χ1n) is 8.98. The highest BCUT2D eigenvalue weighted by molar-refractivity contribution is 5.97. The van der Waals surface area contributed by atoms with Gasteiger partial charge in [0, 0.05) is 12.0 Å². The summed E-state index contributed by atoms with van der Waals surface area (Å²) < 4.78 is 24.1. The van der Waals surface area contributed by atoms with Crippen LogP contribution >= 0.6 is 0 Å². The lowest BCUT2D eigenvalue weighted by Crippen LogP contribution is -2.44. The summed E-state index contributed by atoms with van der Waals surface area (Å²) in [6, 6.07) is 2.48. The fourth-order valence-electron chi connectivity index (χ4n) is 2.19. The predicted octanol–water partition coefficient (Wildman–Crippen LogP) is 2.97. The fourth-order valence-corrected chi connectivity index (χ4v) is 2.19. The molecule has 1 aromatic rings. The standard InChI is InChI=1S/C20H29FN2O5/c1-19(2,3)27-16(24)10-9-15(18(26)28-20(4,5)6)23-17(25)12-7-8-14(22)13(21)11-12/h7-8,11,15H,9-10,22H2,1-6H3,(H,23,25)/t15-/m1/s1. The normalized spacial score (nSPS) is 12.8. The number of ether oxygens (including phenoxy) is 2. The predicted molar refractivity (Wildman–Crippen MR) is 103 cm³/mol. The van der Waals surface area contributed by atoms with E-state index < -0.39 is 40.9 Å². The third-order valence-electron chi connectivity index (χ3n) is 3.32. The Hall–Kier alpha value is -2.64. The van der Waals surface area contributed by atoms with Gasteiger partial charge in [-0.3, -0.25) is 9.59 Å². The maximum absolute atomic E-state index is 13.6. The highest BCUT2D eigenvalue weighted by Crippen LogP contribution is 2.15. The third kappa shape index (κ3) is 8.37. The van der Waals surface area contributed by atoms with Crippen LogP contribution < -0.4 is 11.1 Å². The van der Waals surface area contributed by atoms with Crippen molar-refractivity contribution in [2.45, 2.75) is 71.6 Å². The lowest BCUT2D eigenvalue weighted by molar-refractivity contribution is -0.158. The smallest absolute Gasteiger partial charge is 0.329 e. The van der Waals surface area contributed by atoms with Crippen LogP contribution in [0.5, 0.6) is 0 Å². The second-order valence-electron chi connectivity index (χ2n) is 8.42. The maximum Gasteiger partial charge on any atom is 0.329 e. The molecule has 1 aromatic carbocycles. The minimum atomic E-state index is -1.10. The Bertz CT molecular complexity index is 735. The number of amides is 1. The third-order valence-corrected chi connectivity index (χ3v) is 3.32. The van der Waals surface area contributed by atoms with Crippen LogP contribution in [0.25, 0.3) is 0 Å². The molecule has 7 nitrogen and oxygen atoms in total. The molecule has 0 unspecified atom stereocenters. The van der Waals surface area contributed by atoms with Gasteiger partial charge in [0.15, 0.2) is 0 Å². The number of hydrogen-bond donors (Lipinski definition) is 2. The second-order valence-corrected chi connectivity index (χ2v) is 8.42. The van der Waals surface area contributed by atoms with Crippen molar-refractivity contribution in [1.82, 2.24) is 5.32 Å². The number of carbonyl (C=O) groups is 3. The number of hydrogen-bond acceptors (Lipinski definition) is 6. The number of halogens is 1. The number of rotatable bonds is 6. The molecule has 0 saturated heterocycles. The first-order valence-corrected chi connectivity index (χ1v) is 8.98. The van der Waals surface area contributed by atoms with Crippen molar-refractivity contribution in [3.05, 3.63) is 29.6 Å². The number of nitrogens with one attached hydrogen (secondary N) is 1. The highest BCUT2D eigenvalue weighted by Gasteiger charge is 2.28. The Balaban J connectivity index is 2.90. The number of esters is 2. The van der Waals surface area contributed by atoms with E-state index in [9.17, 15) is 18.8 Å². The van der Waals surface area contributed by atoms with Crippen molar-refractivity contribution >= 4 is 23.5 Å². The van der Waals surface area contributed by atoms with Gasteiger partial charge in [-0.25, -0.2) is 9.18 Å². The number of carbonyl (C=O) groups excluding carboxylic acids is 3. The molecule has 156 valence electrons. The molecule has 28 heavy (non-hydrogen) atoms. The van der Waals surface area contributed by atoms with Gasteiger partial charge >= 0.3 is 11.9 Å². The SMILES string of the molecule is CC(C)(C)OC(=O)CC[C@@H](NC(=O)c1ccc(N)c(F)c1)C(=O)OC(C)(C)C. The number of anilines is 1. The van der Waals surface area contributed by atoms with Gasteiger partial charge in [0.05, 0.1) is 5.69 Å². The average Bonchev–Trinajstić information content (AvgIpc) is 2.50. The molecule has 3 N–H and O–H groups in total. The quantitative estimate of drug-likeness (QED) is 0.565. The minimum Gasteiger partial charge on any atom is -0.460 e. The van der Waals surface area contributed by atoms with Gasteiger partial charge in [0.1, 0.15) is 23.1 Å². The van der Waals surface area contributed by atoms with Gasteiger partial charge in [-0.2, -0.15) is 0 Å². The van der Waals surface area contributed by atoms with Crippen LogP contribution in [0.15, 0.2) is 18.2 Å². The molecule has 0 aliphatic carbocycles. The molecule has 0 radical (unpaired) electrons. The van der Waals surface area contributed by atoms with E-state index in [2.05, 4.69) is 5.32 Å². The molecule has 0 spiro atoms. The van der Waals surface area contributed by atoms with Gasteiger partial charge in [-0.05, 0) is 66.2 Å². The Kier molecular flexibility index (Phi) is 7.55. The molecule has 0 heterocycles. The van der Waals surface area contributed by atoms with Crippen molar-refractivity contribution in [2.75, 3.05) is 5.73 Å². The molecule has 8 heteroatoms. The van der Waals surface area contributed by atoms with E-state index in [0.29, 0.717) is 0 Å². The summed E-state index contributed by atoms with van der Waals surface area (Å²) >= 11 is 0. The molecule has 0 aliphatic heterocycles. The topological polar surface area (TPSA) is 108 Å². The minimum absolute atomic E-state index is 0.00229. The van der Waals surface area contributed by atoms with Crippen molar-refractivity contribution < 1.29 is 28.2 Å². The van der Waals surface area contributed by atoms with Crippen LogP contribution in [0.1, 0.15) is 64.7 Å². The van der Waals surface area contributed by atoms with Gasteiger partial charge in [-0.15, -0.1) is 0 Å². The van der Waals surface area contributed by atoms with E-state index in [1.807, 2.05) is 0 Å². The van der Waals surface area contributed by atoms with E-state index in [1.165, 1.54) is 12.1 Å². The first kappa shape index (κ1) is 23.4. The Morgan fingerprint density at radius 3 is 2.14 bits per heavy atom. The largest absolute Gasteiger partial charge is 0.460 e. The van der Waals surface area contributed by atoms with Crippen molar-refractivity contribution in [3.8, 4) is 0 Å². The van der Waals surface area contributed by atoms with Crippen LogP contribution in [0.2, 0.25) is 0 Å². The summed E-state index contributed by atoms with van der Waals surface area (Å²) in [6.07, 6.45) is -0.120. The molecule has 1 amide bonds. The molecule has 0 aliphatic rings. The average molecular weight is 396 g/mol. The maximum atomic E-state index is 13.6. The van der Waals surface area contributed by atoms with E-state index in [1.54, 1.807) is 41.5 Å². The molecule has 0 aromatic heterocycles. The van der Waals surface area contributed by atoms with E-state index in [-0.39, 0.29) is 24.1 Å². The lowest BCUT2D eigenvalue weighted by Gasteiger charge is -2.25. The Morgan fingerprint density at radius 1 is 1.07 bits per heavy atom. The van der Waals surface area contributed by atoms with E-state index in [0.717, 1.165) is 6.07 Å². The number of nitrogen functional groups attached to an aromatic ring is 1. The molecular weight excluding hydrogens is 367 g/mol. The summed E-state index contributed by atoms with van der Waals surface area (Å²) in [4.78, 5) is 36.8.